The maximum Gasteiger partial charge on any atom is 0.325 e. The van der Waals surface area contributed by atoms with Gasteiger partial charge in [-0.15, -0.1) is 5.10 Å². The van der Waals surface area contributed by atoms with E-state index in [1.807, 2.05) is 13.0 Å². The average Bonchev–Trinajstić information content (AvgIpc) is 3.29. The largest absolute Gasteiger partial charge is 0.325 e. The predicted octanol–water partition coefficient (Wildman–Crippen LogP) is 2.44. The summed E-state index contributed by atoms with van der Waals surface area (Å²) in [6, 6.07) is 1.91. The lowest BCUT2D eigenvalue weighted by atomic mass is 10.0. The molecule has 0 aliphatic heterocycles. The molecule has 0 saturated heterocycles. The van der Waals surface area contributed by atoms with Crippen molar-refractivity contribution in [3.05, 3.63) is 44.4 Å². The number of hydrogen-bond acceptors (Lipinski definition) is 4. The van der Waals surface area contributed by atoms with Gasteiger partial charge in [0.05, 0.1) is 11.3 Å². The van der Waals surface area contributed by atoms with Gasteiger partial charge in [0.15, 0.2) is 0 Å². The van der Waals surface area contributed by atoms with E-state index in [9.17, 15) is 9.59 Å². The summed E-state index contributed by atoms with van der Waals surface area (Å²) in [5.41, 5.74) is 1.89. The van der Waals surface area contributed by atoms with E-state index < -0.39 is 11.2 Å². The summed E-state index contributed by atoms with van der Waals surface area (Å²) < 4.78 is 0. The fourth-order valence-corrected chi connectivity index (χ4v) is 3.45. The summed E-state index contributed by atoms with van der Waals surface area (Å²) in [5, 5.41) is 8.28. The number of nitrogens with one attached hydrogen (secondary N) is 2. The highest BCUT2D eigenvalue weighted by Crippen LogP contribution is 2.47. The van der Waals surface area contributed by atoms with Crippen LogP contribution in [0.4, 0.5) is 0 Å². The monoisotopic (exact) mass is 328 g/mol. The van der Waals surface area contributed by atoms with Crippen molar-refractivity contribution in [2.75, 3.05) is 0 Å². The first kappa shape index (κ1) is 16.6. The summed E-state index contributed by atoms with van der Waals surface area (Å²) in [6.07, 6.45) is 6.07. The van der Waals surface area contributed by atoms with Crippen molar-refractivity contribution in [1.29, 1.82) is 0 Å². The number of nitrogens with zero attached hydrogens (tertiary/aromatic N) is 2. The van der Waals surface area contributed by atoms with Gasteiger partial charge in [0.25, 0.3) is 5.56 Å². The molecule has 0 radical (unpaired) electrons. The first-order valence-electron chi connectivity index (χ1n) is 8.61. The molecule has 128 valence electrons. The lowest BCUT2D eigenvalue weighted by Crippen LogP contribution is -2.23. The van der Waals surface area contributed by atoms with E-state index in [4.69, 9.17) is 0 Å². The van der Waals surface area contributed by atoms with Gasteiger partial charge in [-0.3, -0.25) is 9.78 Å². The maximum atomic E-state index is 11.9. The van der Waals surface area contributed by atoms with Gasteiger partial charge in [0.2, 0.25) is 0 Å². The molecule has 2 atom stereocenters. The zero-order chi connectivity index (χ0) is 17.3. The zero-order valence-electron chi connectivity index (χ0n) is 14.4. The van der Waals surface area contributed by atoms with E-state index in [1.165, 1.54) is 19.0 Å². The highest BCUT2D eigenvalue weighted by molar-refractivity contribution is 5.56. The Morgan fingerprint density at radius 3 is 2.75 bits per heavy atom. The Morgan fingerprint density at radius 2 is 2.08 bits per heavy atom. The number of H-pyrrole nitrogens is 2. The molecule has 1 aliphatic rings. The summed E-state index contributed by atoms with van der Waals surface area (Å²) in [6.45, 7) is 6.54. The molecule has 2 N–H and O–H groups in total. The summed E-state index contributed by atoms with van der Waals surface area (Å²) in [4.78, 5) is 27.7. The van der Waals surface area contributed by atoms with Gasteiger partial charge in [-0.2, -0.15) is 5.10 Å². The maximum absolute atomic E-state index is 11.9. The Bertz CT molecular complexity index is 837. The van der Waals surface area contributed by atoms with Crippen LogP contribution in [0.5, 0.6) is 0 Å². The van der Waals surface area contributed by atoms with Crippen molar-refractivity contribution < 1.29 is 0 Å². The highest BCUT2D eigenvalue weighted by Gasteiger charge is 2.38. The zero-order valence-corrected chi connectivity index (χ0v) is 14.4. The van der Waals surface area contributed by atoms with Gasteiger partial charge in [-0.25, -0.2) is 4.79 Å². The van der Waals surface area contributed by atoms with E-state index in [0.717, 1.165) is 41.9 Å². The number of aryl methyl sites for hydroxylation is 2. The minimum atomic E-state index is -0.520. The standard InChI is InChI=1S/C18H24N4O2/c1-10(2)14-7-13(14)6-4-5-12-8-16(22-21-11(12)3)15-9-19-18(24)20-17(15)23/h8-10,13-14H,4-7H2,1-3H3,(H2,19,20,23,24)/t13-,14+/m0/s1. The minimum Gasteiger partial charge on any atom is -0.313 e. The molecule has 2 aromatic heterocycles. The third-order valence-corrected chi connectivity index (χ3v) is 5.03. The van der Waals surface area contributed by atoms with Crippen molar-refractivity contribution in [2.45, 2.75) is 46.5 Å². The van der Waals surface area contributed by atoms with Crippen LogP contribution in [0.3, 0.4) is 0 Å². The normalized spacial score (nSPS) is 19.7. The van der Waals surface area contributed by atoms with Crippen LogP contribution in [0, 0.1) is 24.7 Å². The summed E-state index contributed by atoms with van der Waals surface area (Å²) in [5.74, 6) is 2.57. The molecule has 0 bridgehead atoms. The molecule has 6 nitrogen and oxygen atoms in total. The molecule has 24 heavy (non-hydrogen) atoms. The van der Waals surface area contributed by atoms with Crippen molar-refractivity contribution in [3.63, 3.8) is 0 Å². The molecule has 2 heterocycles. The number of hydrogen-bond donors (Lipinski definition) is 2. The smallest absolute Gasteiger partial charge is 0.313 e. The summed E-state index contributed by atoms with van der Waals surface area (Å²) in [7, 11) is 0. The predicted molar refractivity (Wildman–Crippen MR) is 92.8 cm³/mol. The van der Waals surface area contributed by atoms with Crippen LogP contribution in [-0.2, 0) is 6.42 Å². The van der Waals surface area contributed by atoms with Crippen LogP contribution in [0.1, 0.15) is 44.4 Å². The molecule has 3 rings (SSSR count). The van der Waals surface area contributed by atoms with Gasteiger partial charge in [0.1, 0.15) is 5.69 Å². The van der Waals surface area contributed by atoms with Crippen molar-refractivity contribution in [1.82, 2.24) is 20.2 Å². The molecule has 0 aromatic carbocycles. The Hall–Kier alpha value is -2.24. The Morgan fingerprint density at radius 1 is 1.29 bits per heavy atom. The van der Waals surface area contributed by atoms with Crippen molar-refractivity contribution in [3.8, 4) is 11.3 Å². The first-order valence-corrected chi connectivity index (χ1v) is 8.61. The molecule has 0 spiro atoms. The highest BCUT2D eigenvalue weighted by atomic mass is 16.2. The van der Waals surface area contributed by atoms with E-state index in [1.54, 1.807) is 0 Å². The fourth-order valence-electron chi connectivity index (χ4n) is 3.45. The van der Waals surface area contributed by atoms with Gasteiger partial charge < -0.3 is 4.98 Å². The van der Waals surface area contributed by atoms with E-state index in [2.05, 4.69) is 34.0 Å². The van der Waals surface area contributed by atoms with Gasteiger partial charge in [0, 0.05) is 6.20 Å². The van der Waals surface area contributed by atoms with Crippen LogP contribution in [0.25, 0.3) is 11.3 Å². The van der Waals surface area contributed by atoms with Crippen LogP contribution >= 0.6 is 0 Å². The van der Waals surface area contributed by atoms with Crippen LogP contribution in [0.15, 0.2) is 21.9 Å². The quantitative estimate of drug-likeness (QED) is 0.852. The SMILES string of the molecule is Cc1nnc(-c2c[nH]c(=O)[nH]c2=O)cc1CCC[C@H]1C[C@@H]1C(C)C. The molecule has 0 unspecified atom stereocenters. The molecular formula is C18H24N4O2. The lowest BCUT2D eigenvalue weighted by molar-refractivity contribution is 0.495. The molecule has 6 heteroatoms. The molecule has 1 aliphatic carbocycles. The second-order valence-corrected chi connectivity index (χ2v) is 7.12. The van der Waals surface area contributed by atoms with E-state index >= 15 is 0 Å². The second-order valence-electron chi connectivity index (χ2n) is 7.12. The van der Waals surface area contributed by atoms with Crippen LogP contribution in [0.2, 0.25) is 0 Å². The number of rotatable bonds is 6. The van der Waals surface area contributed by atoms with Crippen LogP contribution in [-0.4, -0.2) is 20.2 Å². The molecule has 1 saturated carbocycles. The minimum absolute atomic E-state index is 0.338. The van der Waals surface area contributed by atoms with Crippen LogP contribution < -0.4 is 11.2 Å². The number of aromatic nitrogens is 4. The fraction of sp³-hybridized carbons (Fsp3) is 0.556. The van der Waals surface area contributed by atoms with Gasteiger partial charge >= 0.3 is 5.69 Å². The molecule has 2 aromatic rings. The van der Waals surface area contributed by atoms with Crippen molar-refractivity contribution >= 4 is 0 Å². The van der Waals surface area contributed by atoms with Gasteiger partial charge in [-0.05, 0) is 62.0 Å². The third kappa shape index (κ3) is 3.63. The Kier molecular flexibility index (Phi) is 4.64. The van der Waals surface area contributed by atoms with Crippen molar-refractivity contribution in [2.24, 2.45) is 17.8 Å². The first-order chi connectivity index (χ1) is 11.5. The van der Waals surface area contributed by atoms with E-state index in [-0.39, 0.29) is 0 Å². The molecular weight excluding hydrogens is 304 g/mol. The van der Waals surface area contributed by atoms with E-state index in [0.29, 0.717) is 11.3 Å². The second kappa shape index (κ2) is 6.71. The average molecular weight is 328 g/mol. The lowest BCUT2D eigenvalue weighted by Gasteiger charge is -2.07. The topological polar surface area (TPSA) is 91.5 Å². The Labute approximate surface area is 140 Å². The number of aromatic amines is 2. The summed E-state index contributed by atoms with van der Waals surface area (Å²) >= 11 is 0. The third-order valence-electron chi connectivity index (χ3n) is 5.03. The molecule has 1 fully saturated rings. The Balaban J connectivity index is 1.70. The van der Waals surface area contributed by atoms with Gasteiger partial charge in [-0.1, -0.05) is 13.8 Å². The molecule has 0 amide bonds.